The van der Waals surface area contributed by atoms with E-state index in [9.17, 15) is 14.0 Å². The van der Waals surface area contributed by atoms with E-state index in [2.05, 4.69) is 4.98 Å². The number of halogens is 1. The summed E-state index contributed by atoms with van der Waals surface area (Å²) in [6.45, 7) is -0.564. The summed E-state index contributed by atoms with van der Waals surface area (Å²) in [5.74, 6) is -1.51. The summed E-state index contributed by atoms with van der Waals surface area (Å²) < 4.78 is 14.6. The molecule has 1 saturated carbocycles. The number of aryl methyl sites for hydroxylation is 1. The molecule has 0 saturated heterocycles. The van der Waals surface area contributed by atoms with Crippen LogP contribution in [0.15, 0.2) is 11.1 Å². The van der Waals surface area contributed by atoms with Crippen LogP contribution in [0.25, 0.3) is 0 Å². The molecule has 0 atom stereocenters. The molecule has 1 aliphatic carbocycles. The van der Waals surface area contributed by atoms with Crippen LogP contribution >= 0.6 is 0 Å². The molecular weight excluding hydrogens is 251 g/mol. The highest BCUT2D eigenvalue weighted by Gasteiger charge is 2.18. The Morgan fingerprint density at radius 2 is 2.16 bits per heavy atom. The van der Waals surface area contributed by atoms with Gasteiger partial charge in [-0.1, -0.05) is 25.7 Å². The summed E-state index contributed by atoms with van der Waals surface area (Å²) in [6, 6.07) is 0. The van der Waals surface area contributed by atoms with Crippen molar-refractivity contribution < 1.29 is 14.3 Å². The molecule has 1 aromatic rings. The third-order valence-electron chi connectivity index (χ3n) is 3.62. The Kier molecular flexibility index (Phi) is 4.29. The average Bonchev–Trinajstić information content (AvgIpc) is 2.87. The molecule has 0 radical (unpaired) electrons. The fraction of sp³-hybridized carbons (Fsp3) is 0.615. The van der Waals surface area contributed by atoms with Crippen LogP contribution < -0.4 is 5.56 Å². The van der Waals surface area contributed by atoms with Crippen LogP contribution in [0.5, 0.6) is 0 Å². The normalized spacial score (nSPS) is 15.8. The Morgan fingerprint density at radius 3 is 2.79 bits per heavy atom. The number of hydrogen-bond donors (Lipinski definition) is 1. The van der Waals surface area contributed by atoms with Crippen LogP contribution in [0.2, 0.25) is 0 Å². The molecule has 0 unspecified atom stereocenters. The number of carboxylic acid groups (broad SMARTS) is 1. The Bertz CT molecular complexity index is 521. The first-order valence-corrected chi connectivity index (χ1v) is 6.53. The molecule has 104 valence electrons. The third-order valence-corrected chi connectivity index (χ3v) is 3.62. The lowest BCUT2D eigenvalue weighted by molar-refractivity contribution is -0.137. The largest absolute Gasteiger partial charge is 0.480 e. The highest BCUT2D eigenvalue weighted by Crippen LogP contribution is 2.28. The van der Waals surface area contributed by atoms with Gasteiger partial charge in [0.15, 0.2) is 0 Å². The molecule has 19 heavy (non-hydrogen) atoms. The minimum Gasteiger partial charge on any atom is -0.480 e. The summed E-state index contributed by atoms with van der Waals surface area (Å²) in [5.41, 5.74) is -0.752. The molecule has 1 heterocycles. The molecule has 1 fully saturated rings. The van der Waals surface area contributed by atoms with Gasteiger partial charge in [0.1, 0.15) is 6.54 Å². The predicted octanol–water partition coefficient (Wildman–Crippen LogP) is 1.59. The van der Waals surface area contributed by atoms with Crippen molar-refractivity contribution in [1.82, 2.24) is 9.55 Å². The van der Waals surface area contributed by atoms with Crippen molar-refractivity contribution in [2.75, 3.05) is 0 Å². The molecule has 1 aromatic heterocycles. The molecule has 0 spiro atoms. The Morgan fingerprint density at radius 1 is 1.47 bits per heavy atom. The molecule has 6 heteroatoms. The van der Waals surface area contributed by atoms with Gasteiger partial charge in [0.2, 0.25) is 5.82 Å². The van der Waals surface area contributed by atoms with Crippen molar-refractivity contribution in [3.05, 3.63) is 28.2 Å². The quantitative estimate of drug-likeness (QED) is 0.880. The van der Waals surface area contributed by atoms with Gasteiger partial charge in [-0.25, -0.2) is 4.98 Å². The second-order valence-corrected chi connectivity index (χ2v) is 5.02. The molecule has 0 amide bonds. The first-order chi connectivity index (χ1) is 9.08. The molecule has 0 bridgehead atoms. The van der Waals surface area contributed by atoms with Gasteiger partial charge >= 0.3 is 5.97 Å². The molecule has 5 nitrogen and oxygen atoms in total. The highest BCUT2D eigenvalue weighted by molar-refractivity contribution is 5.66. The fourth-order valence-electron chi connectivity index (χ4n) is 2.57. The average molecular weight is 268 g/mol. The molecule has 0 aliphatic heterocycles. The number of carboxylic acids is 1. The molecule has 1 N–H and O–H groups in total. The van der Waals surface area contributed by atoms with E-state index in [1.165, 1.54) is 12.8 Å². The van der Waals surface area contributed by atoms with Gasteiger partial charge in [-0.2, -0.15) is 4.39 Å². The van der Waals surface area contributed by atoms with E-state index >= 15 is 0 Å². The Hall–Kier alpha value is -1.72. The van der Waals surface area contributed by atoms with Crippen molar-refractivity contribution in [3.8, 4) is 0 Å². The van der Waals surface area contributed by atoms with Crippen LogP contribution in [0.1, 0.15) is 37.8 Å². The van der Waals surface area contributed by atoms with Crippen molar-refractivity contribution in [2.24, 2.45) is 5.92 Å². The van der Waals surface area contributed by atoms with Crippen LogP contribution in [0.3, 0.4) is 0 Å². The minimum absolute atomic E-state index is 0.151. The van der Waals surface area contributed by atoms with Gasteiger partial charge < -0.3 is 5.11 Å². The van der Waals surface area contributed by atoms with Gasteiger partial charge in [-0.05, 0) is 18.8 Å². The van der Waals surface area contributed by atoms with E-state index in [1.807, 2.05) is 0 Å². The van der Waals surface area contributed by atoms with Crippen molar-refractivity contribution in [2.45, 2.75) is 45.1 Å². The van der Waals surface area contributed by atoms with E-state index in [-0.39, 0.29) is 5.69 Å². The van der Waals surface area contributed by atoms with Crippen LogP contribution in [-0.4, -0.2) is 20.6 Å². The Labute approximate surface area is 110 Å². The number of nitrogens with zero attached hydrogens (tertiary/aromatic N) is 2. The van der Waals surface area contributed by atoms with E-state index in [1.54, 1.807) is 0 Å². The number of hydrogen-bond acceptors (Lipinski definition) is 3. The summed E-state index contributed by atoms with van der Waals surface area (Å²) in [7, 11) is 0. The number of aliphatic carboxylic acids is 1. The summed E-state index contributed by atoms with van der Waals surface area (Å²) in [5, 5.41) is 8.59. The van der Waals surface area contributed by atoms with Crippen molar-refractivity contribution >= 4 is 5.97 Å². The van der Waals surface area contributed by atoms with E-state index in [0.29, 0.717) is 12.3 Å². The lowest BCUT2D eigenvalue weighted by Crippen LogP contribution is -2.28. The Balaban J connectivity index is 2.07. The van der Waals surface area contributed by atoms with Gasteiger partial charge in [-0.15, -0.1) is 0 Å². The van der Waals surface area contributed by atoms with Gasteiger partial charge in [0.25, 0.3) is 5.56 Å². The standard InChI is InChI=1S/C13H17FN2O3/c14-12-10(6-5-9-3-1-2-4-9)15-8-16(13(12)19)7-11(17)18/h8-9H,1-7H2,(H,17,18). The van der Waals surface area contributed by atoms with Gasteiger partial charge in [0.05, 0.1) is 12.0 Å². The molecular formula is C13H17FN2O3. The third kappa shape index (κ3) is 3.39. The molecule has 0 aromatic carbocycles. The lowest BCUT2D eigenvalue weighted by Gasteiger charge is -2.09. The smallest absolute Gasteiger partial charge is 0.323 e. The maximum Gasteiger partial charge on any atom is 0.323 e. The van der Waals surface area contributed by atoms with Crippen LogP contribution in [0.4, 0.5) is 4.39 Å². The van der Waals surface area contributed by atoms with Crippen molar-refractivity contribution in [3.63, 3.8) is 0 Å². The van der Waals surface area contributed by atoms with Crippen LogP contribution in [0, 0.1) is 11.7 Å². The summed E-state index contributed by atoms with van der Waals surface area (Å²) in [6.07, 6.45) is 7.17. The monoisotopic (exact) mass is 268 g/mol. The van der Waals surface area contributed by atoms with Gasteiger partial charge in [-0.3, -0.25) is 14.2 Å². The maximum absolute atomic E-state index is 13.8. The predicted molar refractivity (Wildman–Crippen MR) is 66.4 cm³/mol. The fourth-order valence-corrected chi connectivity index (χ4v) is 2.57. The van der Waals surface area contributed by atoms with E-state index in [0.717, 1.165) is 30.2 Å². The highest BCUT2D eigenvalue weighted by atomic mass is 19.1. The lowest BCUT2D eigenvalue weighted by atomic mass is 10.0. The zero-order chi connectivity index (χ0) is 13.8. The SMILES string of the molecule is O=C(O)Cn1cnc(CCC2CCCC2)c(F)c1=O. The maximum atomic E-state index is 13.8. The first kappa shape index (κ1) is 13.7. The summed E-state index contributed by atoms with van der Waals surface area (Å²) in [4.78, 5) is 26.0. The van der Waals surface area contributed by atoms with Crippen molar-refractivity contribution in [1.29, 1.82) is 0 Å². The topological polar surface area (TPSA) is 72.2 Å². The second-order valence-electron chi connectivity index (χ2n) is 5.02. The first-order valence-electron chi connectivity index (χ1n) is 6.53. The van der Waals surface area contributed by atoms with E-state index in [4.69, 9.17) is 5.11 Å². The zero-order valence-electron chi connectivity index (χ0n) is 10.6. The second kappa shape index (κ2) is 5.95. The van der Waals surface area contributed by atoms with Gasteiger partial charge in [0, 0.05) is 0 Å². The molecule has 1 aliphatic rings. The zero-order valence-corrected chi connectivity index (χ0v) is 10.6. The number of carbonyl (C=O) groups is 1. The number of aromatic nitrogens is 2. The number of rotatable bonds is 5. The molecule has 2 rings (SSSR count). The van der Waals surface area contributed by atoms with Crippen LogP contribution in [-0.2, 0) is 17.8 Å². The minimum atomic E-state index is -1.19. The van der Waals surface area contributed by atoms with E-state index < -0.39 is 23.9 Å². The summed E-state index contributed by atoms with van der Waals surface area (Å²) >= 11 is 0.